The lowest BCUT2D eigenvalue weighted by molar-refractivity contribution is -0.135. The van der Waals surface area contributed by atoms with Gasteiger partial charge in [-0.3, -0.25) is 4.79 Å². The number of amides is 1. The summed E-state index contributed by atoms with van der Waals surface area (Å²) in [6.07, 6.45) is 1.79. The van der Waals surface area contributed by atoms with E-state index in [9.17, 15) is 4.79 Å². The molecule has 0 aliphatic rings. The molecule has 0 spiro atoms. The molecule has 0 rings (SSSR count). The van der Waals surface area contributed by atoms with Gasteiger partial charge >= 0.3 is 0 Å². The van der Waals surface area contributed by atoms with E-state index in [0.29, 0.717) is 19.4 Å². The first-order valence-corrected chi connectivity index (χ1v) is 5.53. The molecule has 2 atom stereocenters. The van der Waals surface area contributed by atoms with Crippen LogP contribution in [0.4, 0.5) is 0 Å². The van der Waals surface area contributed by atoms with E-state index in [1.54, 1.807) is 25.8 Å². The molecule has 0 heterocycles. The second-order valence-electron chi connectivity index (χ2n) is 4.53. The smallest absolute Gasteiger partial charge is 0.242 e. The maximum absolute atomic E-state index is 11.9. The third-order valence-electron chi connectivity index (χ3n) is 2.49. The van der Waals surface area contributed by atoms with E-state index in [0.717, 1.165) is 6.42 Å². The third kappa shape index (κ3) is 5.14. The van der Waals surface area contributed by atoms with Gasteiger partial charge in [0.25, 0.3) is 0 Å². The van der Waals surface area contributed by atoms with Gasteiger partial charge in [0, 0.05) is 13.6 Å². The Morgan fingerprint density at radius 3 is 2.53 bits per heavy atom. The average molecular weight is 216 g/mol. The maximum Gasteiger partial charge on any atom is 0.242 e. The Bertz CT molecular complexity index is 203. The minimum Gasteiger partial charge on any atom is -0.393 e. The van der Waals surface area contributed by atoms with Gasteiger partial charge in [0.15, 0.2) is 0 Å². The Hall–Kier alpha value is -0.610. The summed E-state index contributed by atoms with van der Waals surface area (Å²) in [4.78, 5) is 13.5. The van der Waals surface area contributed by atoms with Crippen LogP contribution >= 0.6 is 0 Å². The number of aliphatic hydroxyl groups excluding tert-OH is 1. The number of nitrogens with zero attached hydrogens (tertiary/aromatic N) is 1. The molecule has 4 heteroatoms. The van der Waals surface area contributed by atoms with Crippen LogP contribution in [0.3, 0.4) is 0 Å². The number of aliphatic hydroxyl groups is 1. The Balaban J connectivity index is 4.18. The largest absolute Gasteiger partial charge is 0.393 e. The average Bonchev–Trinajstić information content (AvgIpc) is 2.12. The van der Waals surface area contributed by atoms with Crippen molar-refractivity contribution >= 4 is 5.91 Å². The van der Waals surface area contributed by atoms with E-state index in [1.165, 1.54) is 0 Å². The molecule has 0 aromatic carbocycles. The number of nitrogens with two attached hydrogens (primary N) is 1. The molecule has 0 saturated heterocycles. The van der Waals surface area contributed by atoms with Crippen LogP contribution in [0.5, 0.6) is 0 Å². The van der Waals surface area contributed by atoms with Gasteiger partial charge in [-0.25, -0.2) is 0 Å². The van der Waals surface area contributed by atoms with Crippen molar-refractivity contribution in [1.29, 1.82) is 0 Å². The highest BCUT2D eigenvalue weighted by molar-refractivity contribution is 5.85. The first-order chi connectivity index (χ1) is 6.81. The third-order valence-corrected chi connectivity index (χ3v) is 2.49. The van der Waals surface area contributed by atoms with Crippen LogP contribution in [0.2, 0.25) is 0 Å². The molecule has 1 amide bonds. The molecule has 4 nitrogen and oxygen atoms in total. The Morgan fingerprint density at radius 2 is 2.13 bits per heavy atom. The van der Waals surface area contributed by atoms with Crippen molar-refractivity contribution in [3.05, 3.63) is 0 Å². The summed E-state index contributed by atoms with van der Waals surface area (Å²) >= 11 is 0. The summed E-state index contributed by atoms with van der Waals surface area (Å²) in [6.45, 7) is 6.03. The fourth-order valence-electron chi connectivity index (χ4n) is 1.54. The standard InChI is InChI=1S/C11H24N2O2/c1-5-7-11(3,12)10(15)13(4)8-6-9(2)14/h9,14H,5-8,12H2,1-4H3. The number of rotatable bonds is 6. The lowest BCUT2D eigenvalue weighted by Gasteiger charge is -2.29. The second kappa shape index (κ2) is 6.08. The van der Waals surface area contributed by atoms with Crippen molar-refractivity contribution in [3.8, 4) is 0 Å². The minimum absolute atomic E-state index is 0.0509. The second-order valence-corrected chi connectivity index (χ2v) is 4.53. The van der Waals surface area contributed by atoms with Crippen molar-refractivity contribution in [2.45, 2.75) is 51.7 Å². The van der Waals surface area contributed by atoms with Gasteiger partial charge < -0.3 is 15.7 Å². The summed E-state index contributed by atoms with van der Waals surface area (Å²) in [5.74, 6) is -0.0509. The van der Waals surface area contributed by atoms with E-state index >= 15 is 0 Å². The van der Waals surface area contributed by atoms with E-state index in [4.69, 9.17) is 10.8 Å². The van der Waals surface area contributed by atoms with Gasteiger partial charge in [0.2, 0.25) is 5.91 Å². The maximum atomic E-state index is 11.9. The lowest BCUT2D eigenvalue weighted by atomic mass is 9.96. The number of carbonyl (C=O) groups excluding carboxylic acids is 1. The Labute approximate surface area is 92.4 Å². The number of carbonyl (C=O) groups is 1. The number of likely N-dealkylation sites (N-methyl/N-ethyl adjacent to an activating group) is 1. The van der Waals surface area contributed by atoms with Gasteiger partial charge in [0.05, 0.1) is 11.6 Å². The van der Waals surface area contributed by atoms with E-state index in [-0.39, 0.29) is 12.0 Å². The first kappa shape index (κ1) is 14.4. The first-order valence-electron chi connectivity index (χ1n) is 5.53. The molecule has 0 aromatic rings. The predicted octanol–water partition coefficient (Wildman–Crippen LogP) is 0.733. The summed E-state index contributed by atoms with van der Waals surface area (Å²) in [5.41, 5.74) is 5.15. The summed E-state index contributed by atoms with van der Waals surface area (Å²) in [7, 11) is 1.73. The van der Waals surface area contributed by atoms with Crippen LogP contribution in [0.15, 0.2) is 0 Å². The summed E-state index contributed by atoms with van der Waals surface area (Å²) < 4.78 is 0. The van der Waals surface area contributed by atoms with Gasteiger partial charge in [-0.2, -0.15) is 0 Å². The molecule has 0 bridgehead atoms. The van der Waals surface area contributed by atoms with Crippen LogP contribution in [-0.4, -0.2) is 41.1 Å². The zero-order valence-electron chi connectivity index (χ0n) is 10.3. The monoisotopic (exact) mass is 216 g/mol. The number of hydrogen-bond donors (Lipinski definition) is 2. The molecule has 90 valence electrons. The van der Waals surface area contributed by atoms with Crippen molar-refractivity contribution < 1.29 is 9.90 Å². The van der Waals surface area contributed by atoms with Gasteiger partial charge in [-0.15, -0.1) is 0 Å². The highest BCUT2D eigenvalue weighted by Gasteiger charge is 2.29. The topological polar surface area (TPSA) is 66.6 Å². The van der Waals surface area contributed by atoms with Crippen molar-refractivity contribution in [1.82, 2.24) is 4.90 Å². The Morgan fingerprint density at radius 1 is 1.60 bits per heavy atom. The molecule has 0 saturated carbocycles. The highest BCUT2D eigenvalue weighted by atomic mass is 16.3. The van der Waals surface area contributed by atoms with Crippen LogP contribution in [0.25, 0.3) is 0 Å². The molecular formula is C11H24N2O2. The molecule has 3 N–H and O–H groups in total. The van der Waals surface area contributed by atoms with E-state index in [2.05, 4.69) is 0 Å². The van der Waals surface area contributed by atoms with Gasteiger partial charge in [-0.1, -0.05) is 13.3 Å². The molecule has 0 aliphatic carbocycles. The van der Waals surface area contributed by atoms with Crippen LogP contribution < -0.4 is 5.73 Å². The SMILES string of the molecule is CCCC(C)(N)C(=O)N(C)CCC(C)O. The molecule has 2 unspecified atom stereocenters. The highest BCUT2D eigenvalue weighted by Crippen LogP contribution is 2.12. The molecular weight excluding hydrogens is 192 g/mol. The van der Waals surface area contributed by atoms with E-state index < -0.39 is 5.54 Å². The van der Waals surface area contributed by atoms with Crippen LogP contribution in [-0.2, 0) is 4.79 Å². The molecule has 0 aromatic heterocycles. The van der Waals surface area contributed by atoms with Crippen molar-refractivity contribution in [2.24, 2.45) is 5.73 Å². The molecule has 0 radical (unpaired) electrons. The fraction of sp³-hybridized carbons (Fsp3) is 0.909. The van der Waals surface area contributed by atoms with Gasteiger partial charge in [0.1, 0.15) is 0 Å². The fourth-order valence-corrected chi connectivity index (χ4v) is 1.54. The minimum atomic E-state index is -0.776. The molecule has 0 aliphatic heterocycles. The van der Waals surface area contributed by atoms with Gasteiger partial charge in [-0.05, 0) is 26.7 Å². The van der Waals surface area contributed by atoms with Crippen molar-refractivity contribution in [3.63, 3.8) is 0 Å². The zero-order valence-corrected chi connectivity index (χ0v) is 10.3. The molecule has 0 fully saturated rings. The Kier molecular flexibility index (Phi) is 5.83. The summed E-state index contributed by atoms with van der Waals surface area (Å²) in [6, 6.07) is 0. The van der Waals surface area contributed by atoms with Crippen LogP contribution in [0, 0.1) is 0 Å². The summed E-state index contributed by atoms with van der Waals surface area (Å²) in [5, 5.41) is 9.12. The predicted molar refractivity (Wildman–Crippen MR) is 61.4 cm³/mol. The normalized spacial score (nSPS) is 16.9. The molecule has 15 heavy (non-hydrogen) atoms. The van der Waals surface area contributed by atoms with E-state index in [1.807, 2.05) is 6.92 Å². The zero-order chi connectivity index (χ0) is 12.1. The van der Waals surface area contributed by atoms with Crippen LogP contribution in [0.1, 0.15) is 40.0 Å². The number of hydrogen-bond acceptors (Lipinski definition) is 3. The lowest BCUT2D eigenvalue weighted by Crippen LogP contribution is -2.52. The quantitative estimate of drug-likeness (QED) is 0.688. The van der Waals surface area contributed by atoms with Crippen molar-refractivity contribution in [2.75, 3.05) is 13.6 Å².